The fraction of sp³-hybridized carbons (Fsp3) is 0.0769. The second kappa shape index (κ2) is 4.14. The summed E-state index contributed by atoms with van der Waals surface area (Å²) in [5.74, 6) is -0.256. The fourth-order valence-electron chi connectivity index (χ4n) is 1.82. The Morgan fingerprint density at radius 2 is 2.18 bits per heavy atom. The second-order valence-electron chi connectivity index (χ2n) is 3.62. The third-order valence-corrected chi connectivity index (χ3v) is 3.48. The summed E-state index contributed by atoms with van der Waals surface area (Å²) in [6, 6.07) is 9.51. The molecule has 17 heavy (non-hydrogen) atoms. The molecule has 1 aliphatic heterocycles. The molecule has 0 spiro atoms. The molecule has 0 N–H and O–H groups in total. The molecule has 0 bridgehead atoms. The molecule has 0 atom stereocenters. The van der Waals surface area contributed by atoms with Crippen molar-refractivity contribution in [3.05, 3.63) is 52.5 Å². The van der Waals surface area contributed by atoms with E-state index in [0.29, 0.717) is 12.2 Å². The minimum atomic E-state index is -0.256. The Balaban J connectivity index is 2.16. The number of esters is 1. The molecule has 0 radical (unpaired) electrons. The van der Waals surface area contributed by atoms with Gasteiger partial charge in [-0.25, -0.2) is 4.79 Å². The number of thiophene rings is 1. The van der Waals surface area contributed by atoms with Gasteiger partial charge in [-0.1, -0.05) is 12.1 Å². The molecule has 3 heterocycles. The van der Waals surface area contributed by atoms with E-state index in [0.717, 1.165) is 16.1 Å². The molecule has 3 nitrogen and oxygen atoms in total. The highest BCUT2D eigenvalue weighted by atomic mass is 32.1. The normalized spacial score (nSPS) is 15.2. The summed E-state index contributed by atoms with van der Waals surface area (Å²) in [4.78, 5) is 17.0. The van der Waals surface area contributed by atoms with Gasteiger partial charge in [0.15, 0.2) is 0 Å². The summed E-state index contributed by atoms with van der Waals surface area (Å²) in [5.41, 5.74) is 2.33. The van der Waals surface area contributed by atoms with E-state index in [4.69, 9.17) is 4.74 Å². The minimum absolute atomic E-state index is 0.256. The van der Waals surface area contributed by atoms with Crippen LogP contribution in [0.4, 0.5) is 0 Å². The molecule has 0 saturated heterocycles. The number of carbonyl (C=O) groups excluding carboxylic acids is 1. The SMILES string of the molecule is O=C1OCC(c2ccccn2)=C1c1cccs1. The lowest BCUT2D eigenvalue weighted by molar-refractivity contribution is -0.133. The quantitative estimate of drug-likeness (QED) is 0.761. The van der Waals surface area contributed by atoms with E-state index >= 15 is 0 Å². The maximum atomic E-state index is 11.8. The summed E-state index contributed by atoms with van der Waals surface area (Å²) in [6.07, 6.45) is 1.72. The van der Waals surface area contributed by atoms with Gasteiger partial charge in [0.2, 0.25) is 0 Å². The molecule has 0 saturated carbocycles. The Kier molecular flexibility index (Phi) is 2.49. The van der Waals surface area contributed by atoms with Gasteiger partial charge in [-0.15, -0.1) is 11.3 Å². The van der Waals surface area contributed by atoms with Gasteiger partial charge in [0.25, 0.3) is 0 Å². The number of hydrogen-bond acceptors (Lipinski definition) is 4. The van der Waals surface area contributed by atoms with Crippen molar-refractivity contribution in [2.75, 3.05) is 6.61 Å². The molecule has 0 aliphatic carbocycles. The molecular weight excluding hydrogens is 234 g/mol. The van der Waals surface area contributed by atoms with E-state index in [1.54, 1.807) is 6.20 Å². The molecular formula is C13H9NO2S. The molecule has 4 heteroatoms. The van der Waals surface area contributed by atoms with Crippen LogP contribution in [-0.2, 0) is 9.53 Å². The number of cyclic esters (lactones) is 1. The lowest BCUT2D eigenvalue weighted by Crippen LogP contribution is -1.96. The van der Waals surface area contributed by atoms with Gasteiger partial charge in [0.1, 0.15) is 6.61 Å². The topological polar surface area (TPSA) is 39.2 Å². The van der Waals surface area contributed by atoms with Gasteiger partial charge in [-0.2, -0.15) is 0 Å². The zero-order valence-corrected chi connectivity index (χ0v) is 9.74. The largest absolute Gasteiger partial charge is 0.457 e. The third-order valence-electron chi connectivity index (χ3n) is 2.60. The Morgan fingerprint density at radius 1 is 1.24 bits per heavy atom. The first kappa shape index (κ1) is 10.2. The van der Waals surface area contributed by atoms with E-state index in [2.05, 4.69) is 4.98 Å². The van der Waals surface area contributed by atoms with Gasteiger partial charge < -0.3 is 4.74 Å². The van der Waals surface area contributed by atoms with Crippen LogP contribution in [-0.4, -0.2) is 17.6 Å². The maximum absolute atomic E-state index is 11.8. The summed E-state index contributed by atoms with van der Waals surface area (Å²) in [6.45, 7) is 0.309. The van der Waals surface area contributed by atoms with E-state index in [1.165, 1.54) is 11.3 Å². The predicted molar refractivity (Wildman–Crippen MR) is 66.3 cm³/mol. The summed E-state index contributed by atoms with van der Waals surface area (Å²) in [7, 11) is 0. The van der Waals surface area contributed by atoms with E-state index in [-0.39, 0.29) is 5.97 Å². The molecule has 1 aliphatic rings. The lowest BCUT2D eigenvalue weighted by Gasteiger charge is -2.00. The second-order valence-corrected chi connectivity index (χ2v) is 4.57. The highest BCUT2D eigenvalue weighted by Crippen LogP contribution is 2.33. The summed E-state index contributed by atoms with van der Waals surface area (Å²) >= 11 is 1.54. The molecule has 0 unspecified atom stereocenters. The van der Waals surface area contributed by atoms with Crippen molar-refractivity contribution in [1.82, 2.24) is 4.98 Å². The average molecular weight is 243 g/mol. The zero-order valence-electron chi connectivity index (χ0n) is 8.92. The highest BCUT2D eigenvalue weighted by Gasteiger charge is 2.28. The lowest BCUT2D eigenvalue weighted by atomic mass is 10.1. The Hall–Kier alpha value is -1.94. The maximum Gasteiger partial charge on any atom is 0.340 e. The van der Waals surface area contributed by atoms with E-state index < -0.39 is 0 Å². The fourth-order valence-corrected chi connectivity index (χ4v) is 2.60. The first-order chi connectivity index (χ1) is 8.36. The van der Waals surface area contributed by atoms with Crippen LogP contribution in [0.5, 0.6) is 0 Å². The van der Waals surface area contributed by atoms with Gasteiger partial charge in [-0.3, -0.25) is 4.98 Å². The molecule has 3 rings (SSSR count). The van der Waals surface area contributed by atoms with Crippen LogP contribution in [0, 0.1) is 0 Å². The number of carbonyl (C=O) groups is 1. The van der Waals surface area contributed by atoms with Crippen LogP contribution in [0.2, 0.25) is 0 Å². The monoisotopic (exact) mass is 243 g/mol. The molecule has 84 valence electrons. The molecule has 2 aromatic rings. The van der Waals surface area contributed by atoms with Crippen LogP contribution in [0.25, 0.3) is 11.1 Å². The Labute approximate surface area is 102 Å². The van der Waals surface area contributed by atoms with Crippen molar-refractivity contribution in [2.24, 2.45) is 0 Å². The smallest absolute Gasteiger partial charge is 0.340 e. The first-order valence-electron chi connectivity index (χ1n) is 5.22. The van der Waals surface area contributed by atoms with Crippen molar-refractivity contribution in [3.63, 3.8) is 0 Å². The minimum Gasteiger partial charge on any atom is -0.457 e. The third kappa shape index (κ3) is 1.76. The highest BCUT2D eigenvalue weighted by molar-refractivity contribution is 7.11. The van der Waals surface area contributed by atoms with Crippen LogP contribution in [0.1, 0.15) is 10.6 Å². The van der Waals surface area contributed by atoms with Crippen LogP contribution < -0.4 is 0 Å². The van der Waals surface area contributed by atoms with Crippen molar-refractivity contribution in [1.29, 1.82) is 0 Å². The standard InChI is InChI=1S/C13H9NO2S/c15-13-12(11-5-3-7-17-11)9(8-16-13)10-4-1-2-6-14-10/h1-7H,8H2. The van der Waals surface area contributed by atoms with Gasteiger partial charge >= 0.3 is 5.97 Å². The van der Waals surface area contributed by atoms with Crippen molar-refractivity contribution in [3.8, 4) is 0 Å². The molecule has 0 aromatic carbocycles. The number of ether oxygens (including phenoxy) is 1. The van der Waals surface area contributed by atoms with Crippen LogP contribution in [0.3, 0.4) is 0 Å². The summed E-state index contributed by atoms with van der Waals surface area (Å²) in [5, 5.41) is 1.95. The van der Waals surface area contributed by atoms with Crippen molar-refractivity contribution in [2.45, 2.75) is 0 Å². The number of nitrogens with zero attached hydrogens (tertiary/aromatic N) is 1. The number of pyridine rings is 1. The Morgan fingerprint density at radius 3 is 2.88 bits per heavy atom. The first-order valence-corrected chi connectivity index (χ1v) is 6.10. The van der Waals surface area contributed by atoms with Crippen molar-refractivity contribution < 1.29 is 9.53 Å². The molecule has 0 amide bonds. The van der Waals surface area contributed by atoms with Crippen LogP contribution >= 0.6 is 11.3 Å². The molecule has 2 aromatic heterocycles. The van der Waals surface area contributed by atoms with Gasteiger partial charge in [0, 0.05) is 16.6 Å². The summed E-state index contributed by atoms with van der Waals surface area (Å²) < 4.78 is 5.11. The van der Waals surface area contributed by atoms with Gasteiger partial charge in [-0.05, 0) is 23.6 Å². The number of rotatable bonds is 2. The van der Waals surface area contributed by atoms with E-state index in [1.807, 2.05) is 35.7 Å². The van der Waals surface area contributed by atoms with Crippen LogP contribution in [0.15, 0.2) is 41.9 Å². The predicted octanol–water partition coefficient (Wildman–Crippen LogP) is 2.61. The average Bonchev–Trinajstić information content (AvgIpc) is 2.99. The Bertz CT molecular complexity index is 573. The number of aromatic nitrogens is 1. The molecule has 0 fully saturated rings. The number of hydrogen-bond donors (Lipinski definition) is 0. The zero-order chi connectivity index (χ0) is 11.7. The van der Waals surface area contributed by atoms with E-state index in [9.17, 15) is 4.79 Å². The van der Waals surface area contributed by atoms with Crippen molar-refractivity contribution >= 4 is 28.5 Å². The van der Waals surface area contributed by atoms with Gasteiger partial charge in [0.05, 0.1) is 11.3 Å².